The first-order valence-electron chi connectivity index (χ1n) is 4.80. The van der Waals surface area contributed by atoms with Crippen molar-refractivity contribution in [2.24, 2.45) is 0 Å². The summed E-state index contributed by atoms with van der Waals surface area (Å²) in [5.74, 6) is -0.839. The van der Waals surface area contributed by atoms with Gasteiger partial charge in [0.05, 0.1) is 0 Å². The number of aliphatic hydroxyl groups excluding tert-OH is 1. The second kappa shape index (κ2) is 3.77. The van der Waals surface area contributed by atoms with Gasteiger partial charge in [0.15, 0.2) is 0 Å². The molecule has 0 aromatic heterocycles. The van der Waals surface area contributed by atoms with E-state index in [1.807, 2.05) is 31.2 Å². The molecule has 0 saturated carbocycles. The molecule has 1 aromatic carbocycles. The molecule has 0 atom stereocenters. The minimum atomic E-state index is -0.613. The average molecular weight is 204 g/mol. The van der Waals surface area contributed by atoms with Crippen molar-refractivity contribution in [3.8, 4) is 0 Å². The minimum absolute atomic E-state index is 0.207. The first kappa shape index (κ1) is 9.77. The van der Waals surface area contributed by atoms with Gasteiger partial charge in [-0.15, -0.1) is 0 Å². The van der Waals surface area contributed by atoms with Gasteiger partial charge in [0.1, 0.15) is 6.61 Å². The quantitative estimate of drug-likeness (QED) is 0.748. The number of carbonyl (C=O) groups is 1. The molecule has 78 valence electrons. The normalized spacial score (nSPS) is 15.7. The summed E-state index contributed by atoms with van der Waals surface area (Å²) in [4.78, 5) is 10.9. The lowest BCUT2D eigenvalue weighted by molar-refractivity contribution is -0.138. The van der Waals surface area contributed by atoms with Gasteiger partial charge < -0.3 is 9.84 Å². The zero-order chi connectivity index (χ0) is 10.8. The highest BCUT2D eigenvalue weighted by molar-refractivity contribution is 5.89. The van der Waals surface area contributed by atoms with E-state index in [0.29, 0.717) is 12.0 Å². The van der Waals surface area contributed by atoms with Crippen LogP contribution in [0.5, 0.6) is 0 Å². The molecule has 0 unspecified atom stereocenters. The number of cyclic esters (lactones) is 1. The molecular formula is C12H12O3. The molecule has 0 fully saturated rings. The van der Waals surface area contributed by atoms with Crippen molar-refractivity contribution in [2.75, 3.05) is 6.61 Å². The van der Waals surface area contributed by atoms with Gasteiger partial charge in [0.25, 0.3) is 0 Å². The molecule has 3 nitrogen and oxygen atoms in total. The Bertz CT molecular complexity index is 432. The second-order valence-electron chi connectivity index (χ2n) is 3.69. The number of esters is 1. The summed E-state index contributed by atoms with van der Waals surface area (Å²) in [6.07, 6.45) is 0.569. The van der Waals surface area contributed by atoms with Crippen molar-refractivity contribution in [2.45, 2.75) is 13.3 Å². The summed E-state index contributed by atoms with van der Waals surface area (Å²) in [7, 11) is 0. The Hall–Kier alpha value is -1.77. The molecule has 1 N–H and O–H groups in total. The van der Waals surface area contributed by atoms with E-state index in [-0.39, 0.29) is 12.4 Å². The molecule has 0 radical (unpaired) electrons. The molecule has 2 rings (SSSR count). The highest BCUT2D eigenvalue weighted by Crippen LogP contribution is 2.18. The van der Waals surface area contributed by atoms with E-state index in [4.69, 9.17) is 4.74 Å². The number of hydrogen-bond acceptors (Lipinski definition) is 3. The Morgan fingerprint density at radius 3 is 2.87 bits per heavy atom. The van der Waals surface area contributed by atoms with E-state index >= 15 is 0 Å². The summed E-state index contributed by atoms with van der Waals surface area (Å²) in [6.45, 7) is 2.21. The SMILES string of the molecule is Cc1cccc(CC2=C(O)C(=O)OC2)c1. The molecule has 1 heterocycles. The summed E-state index contributed by atoms with van der Waals surface area (Å²) in [5, 5.41) is 9.39. The number of benzene rings is 1. The Morgan fingerprint density at radius 1 is 1.47 bits per heavy atom. The van der Waals surface area contributed by atoms with E-state index in [1.165, 1.54) is 0 Å². The fourth-order valence-corrected chi connectivity index (χ4v) is 1.64. The largest absolute Gasteiger partial charge is 0.502 e. The first-order chi connectivity index (χ1) is 7.16. The average Bonchev–Trinajstić information content (AvgIpc) is 2.50. The van der Waals surface area contributed by atoms with Crippen LogP contribution in [0.15, 0.2) is 35.6 Å². The Balaban J connectivity index is 2.19. The summed E-state index contributed by atoms with van der Waals surface area (Å²) < 4.78 is 4.72. The maximum Gasteiger partial charge on any atom is 0.373 e. The van der Waals surface area contributed by atoms with Crippen LogP contribution in [0.1, 0.15) is 11.1 Å². The zero-order valence-electron chi connectivity index (χ0n) is 8.49. The molecule has 1 aliphatic heterocycles. The van der Waals surface area contributed by atoms with Crippen molar-refractivity contribution < 1.29 is 14.6 Å². The maximum absolute atomic E-state index is 10.9. The first-order valence-corrected chi connectivity index (χ1v) is 4.80. The number of ether oxygens (including phenoxy) is 1. The van der Waals surface area contributed by atoms with Crippen molar-refractivity contribution in [3.63, 3.8) is 0 Å². The number of aryl methyl sites for hydroxylation is 1. The fraction of sp³-hybridized carbons (Fsp3) is 0.250. The van der Waals surface area contributed by atoms with Crippen LogP contribution >= 0.6 is 0 Å². The van der Waals surface area contributed by atoms with Crippen molar-refractivity contribution in [1.29, 1.82) is 0 Å². The van der Waals surface area contributed by atoms with Gasteiger partial charge in [-0.05, 0) is 12.5 Å². The van der Waals surface area contributed by atoms with Crippen LogP contribution in [-0.4, -0.2) is 17.7 Å². The van der Waals surface area contributed by atoms with Crippen LogP contribution in [0.4, 0.5) is 0 Å². The Labute approximate surface area is 88.0 Å². The fourth-order valence-electron chi connectivity index (χ4n) is 1.64. The summed E-state index contributed by atoms with van der Waals surface area (Å²) in [6, 6.07) is 7.97. The highest BCUT2D eigenvalue weighted by atomic mass is 16.6. The molecule has 0 bridgehead atoms. The molecule has 1 aromatic rings. The van der Waals surface area contributed by atoms with E-state index < -0.39 is 5.97 Å². The lowest BCUT2D eigenvalue weighted by atomic mass is 10.0. The van der Waals surface area contributed by atoms with Crippen LogP contribution in [0.3, 0.4) is 0 Å². The summed E-state index contributed by atoms with van der Waals surface area (Å²) >= 11 is 0. The van der Waals surface area contributed by atoms with Crippen LogP contribution in [0, 0.1) is 6.92 Å². The second-order valence-corrected chi connectivity index (χ2v) is 3.69. The number of rotatable bonds is 2. The van der Waals surface area contributed by atoms with Gasteiger partial charge >= 0.3 is 5.97 Å². The molecule has 3 heteroatoms. The smallest absolute Gasteiger partial charge is 0.373 e. The Kier molecular flexibility index (Phi) is 2.46. The molecule has 1 aliphatic rings. The standard InChI is InChI=1S/C12H12O3/c1-8-3-2-4-9(5-8)6-10-7-15-12(14)11(10)13/h2-5,13H,6-7H2,1H3. The Morgan fingerprint density at radius 2 is 2.27 bits per heavy atom. The van der Waals surface area contributed by atoms with Crippen LogP contribution in [0.25, 0.3) is 0 Å². The number of hydrogen-bond donors (Lipinski definition) is 1. The highest BCUT2D eigenvalue weighted by Gasteiger charge is 2.23. The lowest BCUT2D eigenvalue weighted by Crippen LogP contribution is -1.97. The molecule has 15 heavy (non-hydrogen) atoms. The molecule has 0 saturated heterocycles. The van der Waals surface area contributed by atoms with Crippen molar-refractivity contribution in [3.05, 3.63) is 46.7 Å². The van der Waals surface area contributed by atoms with Crippen LogP contribution in [-0.2, 0) is 16.0 Å². The molecular weight excluding hydrogens is 192 g/mol. The van der Waals surface area contributed by atoms with Gasteiger partial charge in [-0.2, -0.15) is 0 Å². The zero-order valence-corrected chi connectivity index (χ0v) is 8.49. The van der Waals surface area contributed by atoms with Gasteiger partial charge in [0.2, 0.25) is 5.76 Å². The topological polar surface area (TPSA) is 46.5 Å². The maximum atomic E-state index is 10.9. The summed E-state index contributed by atoms with van der Waals surface area (Å²) in [5.41, 5.74) is 2.90. The van der Waals surface area contributed by atoms with Gasteiger partial charge in [-0.25, -0.2) is 4.79 Å². The van der Waals surface area contributed by atoms with Crippen LogP contribution < -0.4 is 0 Å². The molecule has 0 amide bonds. The lowest BCUT2D eigenvalue weighted by Gasteiger charge is -2.02. The number of aliphatic hydroxyl groups is 1. The van der Waals surface area contributed by atoms with Gasteiger partial charge in [0, 0.05) is 12.0 Å². The molecule has 0 spiro atoms. The van der Waals surface area contributed by atoms with E-state index in [9.17, 15) is 9.90 Å². The third-order valence-corrected chi connectivity index (χ3v) is 2.41. The third-order valence-electron chi connectivity index (χ3n) is 2.41. The molecule has 0 aliphatic carbocycles. The number of carbonyl (C=O) groups excluding carboxylic acids is 1. The predicted octanol–water partition coefficient (Wildman–Crippen LogP) is 1.91. The van der Waals surface area contributed by atoms with E-state index in [2.05, 4.69) is 0 Å². The van der Waals surface area contributed by atoms with Crippen LogP contribution in [0.2, 0.25) is 0 Å². The minimum Gasteiger partial charge on any atom is -0.502 e. The van der Waals surface area contributed by atoms with Crippen molar-refractivity contribution in [1.82, 2.24) is 0 Å². The van der Waals surface area contributed by atoms with E-state index in [0.717, 1.165) is 11.1 Å². The third kappa shape index (κ3) is 2.01. The van der Waals surface area contributed by atoms with Gasteiger partial charge in [-0.3, -0.25) is 0 Å². The monoisotopic (exact) mass is 204 g/mol. The van der Waals surface area contributed by atoms with Gasteiger partial charge in [-0.1, -0.05) is 29.8 Å². The van der Waals surface area contributed by atoms with E-state index in [1.54, 1.807) is 0 Å². The van der Waals surface area contributed by atoms with Crippen molar-refractivity contribution >= 4 is 5.97 Å². The predicted molar refractivity (Wildman–Crippen MR) is 55.5 cm³/mol.